The summed E-state index contributed by atoms with van der Waals surface area (Å²) in [6.07, 6.45) is 2.07. The zero-order valence-electron chi connectivity index (χ0n) is 17.3. The van der Waals surface area contributed by atoms with Crippen LogP contribution in [0, 0.1) is 13.8 Å². The molecule has 2 aromatic heterocycles. The molecule has 1 fully saturated rings. The summed E-state index contributed by atoms with van der Waals surface area (Å²) in [4.78, 5) is 16.1. The molecule has 0 amide bonds. The summed E-state index contributed by atoms with van der Waals surface area (Å²) in [7, 11) is 1.70. The van der Waals surface area contributed by atoms with Gasteiger partial charge in [-0.25, -0.2) is 4.98 Å². The lowest BCUT2D eigenvalue weighted by molar-refractivity contribution is 0.211. The van der Waals surface area contributed by atoms with Crippen LogP contribution in [0.3, 0.4) is 0 Å². The summed E-state index contributed by atoms with van der Waals surface area (Å²) in [6, 6.07) is 10.6. The number of fused-ring (bicyclic) bond motifs is 1. The van der Waals surface area contributed by atoms with E-state index >= 15 is 0 Å². The van der Waals surface area contributed by atoms with Crippen LogP contribution < -0.4 is 15.8 Å². The van der Waals surface area contributed by atoms with Crippen molar-refractivity contribution in [3.63, 3.8) is 0 Å². The Labute approximate surface area is 171 Å². The van der Waals surface area contributed by atoms with Crippen molar-refractivity contribution in [2.24, 2.45) is 0 Å². The Kier molecular flexibility index (Phi) is 5.49. The Morgan fingerprint density at radius 3 is 2.69 bits per heavy atom. The molecule has 1 aliphatic heterocycles. The highest BCUT2D eigenvalue weighted by Gasteiger charge is 2.21. The number of aromatic nitrogens is 3. The number of hydrogen-bond acceptors (Lipinski definition) is 7. The average Bonchev–Trinajstić information content (AvgIpc) is 2.69. The van der Waals surface area contributed by atoms with E-state index in [1.807, 2.05) is 32.0 Å². The lowest BCUT2D eigenvalue weighted by atomic mass is 10.0. The number of hydrogen-bond donors (Lipinski definition) is 2. The zero-order valence-corrected chi connectivity index (χ0v) is 17.3. The van der Waals surface area contributed by atoms with Crippen molar-refractivity contribution in [2.45, 2.75) is 39.3 Å². The molecule has 7 nitrogen and oxygen atoms in total. The number of likely N-dealkylation sites (tertiary alicyclic amines) is 1. The highest BCUT2D eigenvalue weighted by molar-refractivity contribution is 5.89. The van der Waals surface area contributed by atoms with E-state index in [2.05, 4.69) is 37.3 Å². The van der Waals surface area contributed by atoms with Gasteiger partial charge in [0.1, 0.15) is 11.6 Å². The molecular formula is C22H28N6O. The molecule has 3 N–H and O–H groups in total. The van der Waals surface area contributed by atoms with Crippen LogP contribution in [-0.4, -0.2) is 46.1 Å². The number of rotatable bonds is 5. The maximum atomic E-state index is 6.20. The number of nitrogens with zero attached hydrogens (tertiary/aromatic N) is 4. The first-order chi connectivity index (χ1) is 14.0. The van der Waals surface area contributed by atoms with Crippen molar-refractivity contribution in [3.05, 3.63) is 47.2 Å². The number of anilines is 2. The second kappa shape index (κ2) is 8.21. The van der Waals surface area contributed by atoms with Crippen LogP contribution >= 0.6 is 0 Å². The maximum absolute atomic E-state index is 6.20. The standard InChI is InChI=1S/C22H28N6O/c1-14-11-15(2)24-21-19(14)20(23)26-22(27-21)25-17-7-9-28(10-8-17)13-16-5-4-6-18(12-16)29-3/h4-6,11-12,17H,7-10,13H2,1-3H3,(H3,23,24,25,26,27). The lowest BCUT2D eigenvalue weighted by Gasteiger charge is -2.32. The second-order valence-corrected chi connectivity index (χ2v) is 7.76. The van der Waals surface area contributed by atoms with Crippen LogP contribution in [0.4, 0.5) is 11.8 Å². The number of nitrogens with two attached hydrogens (primary N) is 1. The number of pyridine rings is 1. The molecule has 29 heavy (non-hydrogen) atoms. The van der Waals surface area contributed by atoms with E-state index in [1.165, 1.54) is 5.56 Å². The normalized spacial score (nSPS) is 15.6. The van der Waals surface area contributed by atoms with Gasteiger partial charge in [-0.15, -0.1) is 0 Å². The van der Waals surface area contributed by atoms with Gasteiger partial charge in [-0.05, 0) is 56.0 Å². The summed E-state index contributed by atoms with van der Waals surface area (Å²) in [5.41, 5.74) is 10.1. The molecule has 0 radical (unpaired) electrons. The predicted octanol–water partition coefficient (Wildman–Crippen LogP) is 3.31. The van der Waals surface area contributed by atoms with Crippen molar-refractivity contribution in [1.82, 2.24) is 19.9 Å². The molecule has 0 unspecified atom stereocenters. The highest BCUT2D eigenvalue weighted by atomic mass is 16.5. The Balaban J connectivity index is 1.39. The topological polar surface area (TPSA) is 89.2 Å². The van der Waals surface area contributed by atoms with Gasteiger partial charge in [0.2, 0.25) is 5.95 Å². The van der Waals surface area contributed by atoms with Crippen molar-refractivity contribution in [1.29, 1.82) is 0 Å². The van der Waals surface area contributed by atoms with E-state index in [0.717, 1.165) is 54.9 Å². The van der Waals surface area contributed by atoms with E-state index in [4.69, 9.17) is 10.5 Å². The fourth-order valence-corrected chi connectivity index (χ4v) is 4.02. The third-order valence-corrected chi connectivity index (χ3v) is 5.48. The Morgan fingerprint density at radius 2 is 1.93 bits per heavy atom. The third kappa shape index (κ3) is 4.40. The minimum Gasteiger partial charge on any atom is -0.497 e. The predicted molar refractivity (Wildman–Crippen MR) is 116 cm³/mol. The average molecular weight is 393 g/mol. The monoisotopic (exact) mass is 392 g/mol. The molecule has 3 heterocycles. The molecule has 7 heteroatoms. The minimum atomic E-state index is 0.333. The SMILES string of the molecule is COc1cccc(CN2CCC(Nc3nc(N)c4c(C)cc(C)nc4n3)CC2)c1. The van der Waals surface area contributed by atoms with Gasteiger partial charge in [-0.1, -0.05) is 12.1 Å². The number of ether oxygens (including phenoxy) is 1. The molecule has 0 aliphatic carbocycles. The van der Waals surface area contributed by atoms with E-state index in [0.29, 0.717) is 23.5 Å². The van der Waals surface area contributed by atoms with Gasteiger partial charge in [0.15, 0.2) is 5.65 Å². The van der Waals surface area contributed by atoms with Gasteiger partial charge in [-0.3, -0.25) is 4.90 Å². The Bertz CT molecular complexity index is 1010. The number of nitrogens with one attached hydrogen (secondary N) is 1. The number of methoxy groups -OCH3 is 1. The summed E-state index contributed by atoms with van der Waals surface area (Å²) < 4.78 is 5.32. The van der Waals surface area contributed by atoms with Gasteiger partial charge in [0.05, 0.1) is 12.5 Å². The number of nitrogen functional groups attached to an aromatic ring is 1. The van der Waals surface area contributed by atoms with Crippen LogP contribution in [0.15, 0.2) is 30.3 Å². The molecule has 0 bridgehead atoms. The number of aryl methyl sites for hydroxylation is 2. The molecular weight excluding hydrogens is 364 g/mol. The summed E-state index contributed by atoms with van der Waals surface area (Å²) in [5, 5.41) is 4.31. The molecule has 152 valence electrons. The summed E-state index contributed by atoms with van der Waals surface area (Å²) in [5.74, 6) is 1.96. The van der Waals surface area contributed by atoms with E-state index in [-0.39, 0.29) is 0 Å². The number of piperidine rings is 1. The highest BCUT2D eigenvalue weighted by Crippen LogP contribution is 2.24. The van der Waals surface area contributed by atoms with Gasteiger partial charge in [0, 0.05) is 31.4 Å². The van der Waals surface area contributed by atoms with E-state index in [9.17, 15) is 0 Å². The number of benzene rings is 1. The quantitative estimate of drug-likeness (QED) is 0.688. The fourth-order valence-electron chi connectivity index (χ4n) is 4.02. The van der Waals surface area contributed by atoms with Crippen LogP contribution in [0.1, 0.15) is 29.7 Å². The molecule has 0 saturated carbocycles. The lowest BCUT2D eigenvalue weighted by Crippen LogP contribution is -2.39. The van der Waals surface area contributed by atoms with Gasteiger partial charge < -0.3 is 15.8 Å². The van der Waals surface area contributed by atoms with E-state index < -0.39 is 0 Å². The van der Waals surface area contributed by atoms with E-state index in [1.54, 1.807) is 7.11 Å². The van der Waals surface area contributed by atoms with Crippen LogP contribution in [-0.2, 0) is 6.54 Å². The molecule has 4 rings (SSSR count). The molecule has 0 atom stereocenters. The Morgan fingerprint density at radius 1 is 1.14 bits per heavy atom. The van der Waals surface area contributed by atoms with Crippen molar-refractivity contribution >= 4 is 22.8 Å². The molecule has 1 aliphatic rings. The van der Waals surface area contributed by atoms with Gasteiger partial charge in [0.25, 0.3) is 0 Å². The third-order valence-electron chi connectivity index (χ3n) is 5.48. The second-order valence-electron chi connectivity index (χ2n) is 7.76. The first-order valence-electron chi connectivity index (χ1n) is 10.0. The van der Waals surface area contributed by atoms with Crippen LogP contribution in [0.5, 0.6) is 5.75 Å². The van der Waals surface area contributed by atoms with Crippen molar-refractivity contribution < 1.29 is 4.74 Å². The zero-order chi connectivity index (χ0) is 20.4. The summed E-state index contributed by atoms with van der Waals surface area (Å²) in [6.45, 7) is 6.96. The summed E-state index contributed by atoms with van der Waals surface area (Å²) >= 11 is 0. The largest absolute Gasteiger partial charge is 0.497 e. The fraction of sp³-hybridized carbons (Fsp3) is 0.409. The maximum Gasteiger partial charge on any atom is 0.226 e. The van der Waals surface area contributed by atoms with Crippen molar-refractivity contribution in [3.8, 4) is 5.75 Å². The first kappa shape index (κ1) is 19.4. The smallest absolute Gasteiger partial charge is 0.226 e. The molecule has 1 saturated heterocycles. The minimum absolute atomic E-state index is 0.333. The van der Waals surface area contributed by atoms with Crippen molar-refractivity contribution in [2.75, 3.05) is 31.2 Å². The Hall–Kier alpha value is -2.93. The van der Waals surface area contributed by atoms with Crippen LogP contribution in [0.2, 0.25) is 0 Å². The first-order valence-corrected chi connectivity index (χ1v) is 10.0. The van der Waals surface area contributed by atoms with Gasteiger partial charge in [-0.2, -0.15) is 9.97 Å². The van der Waals surface area contributed by atoms with Crippen LogP contribution in [0.25, 0.3) is 11.0 Å². The molecule has 3 aromatic rings. The van der Waals surface area contributed by atoms with Gasteiger partial charge >= 0.3 is 0 Å². The molecule has 1 aromatic carbocycles. The molecule has 0 spiro atoms.